The number of anilines is 1. The monoisotopic (exact) mass is 380 g/mol. The SMILES string of the molecule is CC[NH+]1CCN(C=C2C(=O)N(c3ccc(F)cc3)C(=O)c3ccccc32)CC1. The van der Waals surface area contributed by atoms with Crippen molar-refractivity contribution < 1.29 is 18.9 Å². The summed E-state index contributed by atoms with van der Waals surface area (Å²) in [5.41, 5.74) is 2.01. The number of quaternary nitrogens is 1. The van der Waals surface area contributed by atoms with Crippen molar-refractivity contribution in [3.05, 3.63) is 71.7 Å². The van der Waals surface area contributed by atoms with Crippen LogP contribution in [0.15, 0.2) is 54.7 Å². The summed E-state index contributed by atoms with van der Waals surface area (Å²) >= 11 is 0. The molecule has 0 bridgehead atoms. The standard InChI is InChI=1S/C22H22FN3O2/c1-2-24-11-13-25(14-12-24)15-20-18-5-3-4-6-19(18)21(27)26(22(20)28)17-9-7-16(23)8-10-17/h3-10,15H,2,11-14H2,1H3/p+1. The highest BCUT2D eigenvalue weighted by atomic mass is 19.1. The fourth-order valence-corrected chi connectivity index (χ4v) is 3.81. The normalized spacial score (nSPS) is 19.3. The van der Waals surface area contributed by atoms with Gasteiger partial charge in [-0.25, -0.2) is 9.29 Å². The summed E-state index contributed by atoms with van der Waals surface area (Å²) in [4.78, 5) is 31.1. The second-order valence-electron chi connectivity index (χ2n) is 7.15. The summed E-state index contributed by atoms with van der Waals surface area (Å²) in [6.07, 6.45) is 1.89. The van der Waals surface area contributed by atoms with Crippen LogP contribution in [0.5, 0.6) is 0 Å². The van der Waals surface area contributed by atoms with E-state index in [4.69, 9.17) is 0 Å². The van der Waals surface area contributed by atoms with Gasteiger partial charge >= 0.3 is 0 Å². The molecular weight excluding hydrogens is 357 g/mol. The number of carbonyl (C=O) groups is 2. The van der Waals surface area contributed by atoms with Crippen molar-refractivity contribution in [3.63, 3.8) is 0 Å². The Morgan fingerprint density at radius 3 is 2.25 bits per heavy atom. The Kier molecular flexibility index (Phi) is 4.96. The minimum Gasteiger partial charge on any atom is -0.365 e. The molecule has 1 fully saturated rings. The number of benzene rings is 2. The Morgan fingerprint density at radius 2 is 1.61 bits per heavy atom. The predicted molar refractivity (Wildman–Crippen MR) is 105 cm³/mol. The second-order valence-corrected chi connectivity index (χ2v) is 7.15. The second kappa shape index (κ2) is 7.56. The van der Waals surface area contributed by atoms with Gasteiger partial charge in [-0.3, -0.25) is 9.59 Å². The van der Waals surface area contributed by atoms with Gasteiger partial charge in [0.15, 0.2) is 0 Å². The van der Waals surface area contributed by atoms with E-state index in [-0.39, 0.29) is 11.8 Å². The van der Waals surface area contributed by atoms with Gasteiger partial charge in [0, 0.05) is 17.3 Å². The Hall–Kier alpha value is -2.99. The van der Waals surface area contributed by atoms with Crippen molar-refractivity contribution >= 4 is 23.1 Å². The van der Waals surface area contributed by atoms with Crippen LogP contribution in [0.1, 0.15) is 22.8 Å². The first-order valence-electron chi connectivity index (χ1n) is 9.61. The van der Waals surface area contributed by atoms with Crippen LogP contribution in [-0.4, -0.2) is 49.4 Å². The van der Waals surface area contributed by atoms with Crippen molar-refractivity contribution in [2.75, 3.05) is 37.6 Å². The Morgan fingerprint density at radius 1 is 0.964 bits per heavy atom. The van der Waals surface area contributed by atoms with E-state index in [9.17, 15) is 14.0 Å². The molecule has 2 aromatic carbocycles. The molecule has 2 heterocycles. The van der Waals surface area contributed by atoms with Gasteiger partial charge in [-0.15, -0.1) is 0 Å². The van der Waals surface area contributed by atoms with Gasteiger partial charge in [-0.05, 0) is 37.3 Å². The fraction of sp³-hybridized carbons (Fsp3) is 0.273. The van der Waals surface area contributed by atoms with Crippen LogP contribution in [0.3, 0.4) is 0 Å². The molecule has 5 nitrogen and oxygen atoms in total. The average Bonchev–Trinajstić information content (AvgIpc) is 2.73. The van der Waals surface area contributed by atoms with Crippen LogP contribution in [0.2, 0.25) is 0 Å². The third kappa shape index (κ3) is 3.31. The lowest BCUT2D eigenvalue weighted by Crippen LogP contribution is -3.14. The lowest BCUT2D eigenvalue weighted by atomic mass is 9.93. The molecule has 0 unspecified atom stereocenters. The van der Waals surface area contributed by atoms with Crippen LogP contribution in [-0.2, 0) is 4.79 Å². The molecule has 0 aliphatic carbocycles. The molecule has 2 amide bonds. The molecule has 144 valence electrons. The zero-order chi connectivity index (χ0) is 19.7. The predicted octanol–water partition coefficient (Wildman–Crippen LogP) is 1.57. The van der Waals surface area contributed by atoms with E-state index >= 15 is 0 Å². The number of nitrogens with one attached hydrogen (secondary N) is 1. The van der Waals surface area contributed by atoms with Crippen molar-refractivity contribution in [2.24, 2.45) is 0 Å². The first-order chi connectivity index (χ1) is 13.6. The Labute approximate surface area is 163 Å². The molecule has 28 heavy (non-hydrogen) atoms. The molecule has 0 saturated carbocycles. The molecule has 1 saturated heterocycles. The first-order valence-corrected chi connectivity index (χ1v) is 9.61. The smallest absolute Gasteiger partial charge is 0.267 e. The van der Waals surface area contributed by atoms with E-state index < -0.39 is 5.82 Å². The molecule has 2 aliphatic rings. The molecule has 0 radical (unpaired) electrons. The van der Waals surface area contributed by atoms with E-state index in [1.807, 2.05) is 18.3 Å². The van der Waals surface area contributed by atoms with Gasteiger partial charge in [0.25, 0.3) is 11.8 Å². The maximum atomic E-state index is 13.3. The lowest BCUT2D eigenvalue weighted by Gasteiger charge is -2.33. The number of rotatable bonds is 3. The maximum Gasteiger partial charge on any atom is 0.267 e. The minimum absolute atomic E-state index is 0.372. The highest BCUT2D eigenvalue weighted by Crippen LogP contribution is 2.32. The number of likely N-dealkylation sites (N-methyl/N-ethyl adjacent to an activating group) is 1. The highest BCUT2D eigenvalue weighted by molar-refractivity contribution is 6.41. The molecule has 0 spiro atoms. The quantitative estimate of drug-likeness (QED) is 0.650. The first kappa shape index (κ1) is 18.4. The number of fused-ring (bicyclic) bond motifs is 1. The Bertz CT molecular complexity index is 931. The van der Waals surface area contributed by atoms with Gasteiger partial charge in [0.05, 0.1) is 44.0 Å². The van der Waals surface area contributed by atoms with Gasteiger partial charge in [0.2, 0.25) is 0 Å². The molecule has 6 heteroatoms. The summed E-state index contributed by atoms with van der Waals surface area (Å²) < 4.78 is 13.3. The van der Waals surface area contributed by atoms with Crippen LogP contribution in [0, 0.1) is 5.82 Å². The zero-order valence-electron chi connectivity index (χ0n) is 15.8. The molecule has 0 atom stereocenters. The summed E-state index contributed by atoms with van der Waals surface area (Å²) in [5.74, 6) is -1.17. The van der Waals surface area contributed by atoms with Gasteiger partial charge in [0.1, 0.15) is 5.82 Å². The number of piperazine rings is 1. The molecular formula is C22H23FN3O2+. The molecule has 4 rings (SSSR count). The molecule has 0 aromatic heterocycles. The van der Waals surface area contributed by atoms with Crippen LogP contribution < -0.4 is 9.80 Å². The molecule has 2 aromatic rings. The number of carbonyl (C=O) groups excluding carboxylic acids is 2. The van der Waals surface area contributed by atoms with Crippen molar-refractivity contribution in [2.45, 2.75) is 6.92 Å². The van der Waals surface area contributed by atoms with Gasteiger partial charge in [-0.1, -0.05) is 18.2 Å². The third-order valence-corrected chi connectivity index (χ3v) is 5.49. The van der Waals surface area contributed by atoms with Gasteiger partial charge < -0.3 is 9.80 Å². The largest absolute Gasteiger partial charge is 0.365 e. The summed E-state index contributed by atoms with van der Waals surface area (Å²) in [7, 11) is 0. The van der Waals surface area contributed by atoms with E-state index in [0.717, 1.165) is 37.6 Å². The topological polar surface area (TPSA) is 45.1 Å². The van der Waals surface area contributed by atoms with E-state index in [1.54, 1.807) is 17.0 Å². The number of imide groups is 1. The summed E-state index contributed by atoms with van der Waals surface area (Å²) in [5, 5.41) is 0. The molecule has 2 aliphatic heterocycles. The van der Waals surface area contributed by atoms with E-state index in [2.05, 4.69) is 11.8 Å². The average molecular weight is 380 g/mol. The molecule has 1 N–H and O–H groups in total. The van der Waals surface area contributed by atoms with Gasteiger partial charge in [-0.2, -0.15) is 0 Å². The lowest BCUT2D eigenvalue weighted by molar-refractivity contribution is -0.902. The maximum absolute atomic E-state index is 13.3. The number of halogens is 1. The van der Waals surface area contributed by atoms with Crippen LogP contribution in [0.25, 0.3) is 5.57 Å². The fourth-order valence-electron chi connectivity index (χ4n) is 3.81. The van der Waals surface area contributed by atoms with Crippen molar-refractivity contribution in [1.82, 2.24) is 4.90 Å². The number of hydrogen-bond donors (Lipinski definition) is 1. The third-order valence-electron chi connectivity index (χ3n) is 5.49. The van der Waals surface area contributed by atoms with E-state index in [1.165, 1.54) is 24.3 Å². The summed E-state index contributed by atoms with van der Waals surface area (Å²) in [6.45, 7) is 7.06. The Balaban J connectivity index is 1.74. The highest BCUT2D eigenvalue weighted by Gasteiger charge is 2.36. The summed E-state index contributed by atoms with van der Waals surface area (Å²) in [6, 6.07) is 12.6. The van der Waals surface area contributed by atoms with Crippen molar-refractivity contribution in [3.8, 4) is 0 Å². The number of hydrogen-bond acceptors (Lipinski definition) is 3. The minimum atomic E-state index is -0.409. The van der Waals surface area contributed by atoms with Crippen LogP contribution in [0.4, 0.5) is 10.1 Å². The number of nitrogens with zero attached hydrogens (tertiary/aromatic N) is 2. The van der Waals surface area contributed by atoms with Crippen LogP contribution >= 0.6 is 0 Å². The van der Waals surface area contributed by atoms with E-state index in [0.29, 0.717) is 22.4 Å². The van der Waals surface area contributed by atoms with Crippen molar-refractivity contribution in [1.29, 1.82) is 0 Å². The number of amides is 2. The zero-order valence-corrected chi connectivity index (χ0v) is 15.8.